The Morgan fingerprint density at radius 2 is 1.69 bits per heavy atom. The molecule has 3 aliphatic rings. The van der Waals surface area contributed by atoms with E-state index >= 15 is 0 Å². The minimum atomic E-state index is -0.609. The van der Waals surface area contributed by atoms with Gasteiger partial charge in [0.2, 0.25) is 29.8 Å². The zero-order valence-corrected chi connectivity index (χ0v) is 30.3. The molecule has 12 heteroatoms. The Morgan fingerprint density at radius 3 is 2.37 bits per heavy atom. The van der Waals surface area contributed by atoms with Gasteiger partial charge in [0.1, 0.15) is 6.04 Å². The number of anilines is 1. The van der Waals surface area contributed by atoms with Crippen LogP contribution in [0.5, 0.6) is 28.7 Å². The third-order valence-corrected chi connectivity index (χ3v) is 10.2. The van der Waals surface area contributed by atoms with Gasteiger partial charge in [0.05, 0.1) is 33.1 Å². The van der Waals surface area contributed by atoms with Crippen molar-refractivity contribution in [2.24, 2.45) is 5.92 Å². The molecule has 51 heavy (non-hydrogen) atoms. The summed E-state index contributed by atoms with van der Waals surface area (Å²) in [7, 11) is 4.70. The third kappa shape index (κ3) is 7.42. The Morgan fingerprint density at radius 1 is 0.941 bits per heavy atom. The van der Waals surface area contributed by atoms with Crippen molar-refractivity contribution in [3.8, 4) is 39.9 Å². The van der Waals surface area contributed by atoms with E-state index in [1.807, 2.05) is 49.1 Å². The van der Waals surface area contributed by atoms with Gasteiger partial charge in [-0.15, -0.1) is 0 Å². The fraction of sp³-hybridized carbons (Fsp3) is 0.462. The van der Waals surface area contributed by atoms with Gasteiger partial charge in [0, 0.05) is 45.2 Å². The van der Waals surface area contributed by atoms with E-state index in [2.05, 4.69) is 15.5 Å². The van der Waals surface area contributed by atoms with Crippen LogP contribution in [0.25, 0.3) is 11.1 Å². The van der Waals surface area contributed by atoms with Gasteiger partial charge < -0.3 is 39.2 Å². The van der Waals surface area contributed by atoms with Crippen LogP contribution in [0.15, 0.2) is 47.3 Å². The van der Waals surface area contributed by atoms with E-state index in [1.54, 1.807) is 33.5 Å². The Kier molecular flexibility index (Phi) is 10.9. The summed E-state index contributed by atoms with van der Waals surface area (Å²) in [6.07, 6.45) is 1.90. The molecule has 0 spiro atoms. The second kappa shape index (κ2) is 15.5. The first-order valence-electron chi connectivity index (χ1n) is 17.6. The van der Waals surface area contributed by atoms with Crippen molar-refractivity contribution >= 4 is 17.5 Å². The molecule has 3 atom stereocenters. The van der Waals surface area contributed by atoms with Gasteiger partial charge in [-0.3, -0.25) is 19.3 Å². The molecule has 1 aliphatic carbocycles. The van der Waals surface area contributed by atoms with E-state index in [1.165, 1.54) is 6.92 Å². The first-order chi connectivity index (χ1) is 24.6. The number of hydrogen-bond acceptors (Lipinski definition) is 10. The van der Waals surface area contributed by atoms with Crippen LogP contribution in [0, 0.1) is 5.92 Å². The molecule has 2 heterocycles. The number of ether oxygens (including phenoxy) is 5. The lowest BCUT2D eigenvalue weighted by Crippen LogP contribution is -2.54. The number of carbonyl (C=O) groups excluding carboxylic acids is 2. The van der Waals surface area contributed by atoms with Gasteiger partial charge in [-0.05, 0) is 71.3 Å². The predicted octanol–water partition coefficient (Wildman–Crippen LogP) is 4.76. The zero-order valence-electron chi connectivity index (χ0n) is 30.3. The molecule has 0 aromatic heterocycles. The number of fused-ring (bicyclic) bond motifs is 4. The summed E-state index contributed by atoms with van der Waals surface area (Å²) in [5.41, 5.74) is 4.28. The van der Waals surface area contributed by atoms with Crippen LogP contribution >= 0.6 is 0 Å². The van der Waals surface area contributed by atoms with Crippen molar-refractivity contribution in [1.82, 2.24) is 15.1 Å². The van der Waals surface area contributed by atoms with Gasteiger partial charge >= 0.3 is 0 Å². The van der Waals surface area contributed by atoms with Crippen molar-refractivity contribution < 1.29 is 33.3 Å². The van der Waals surface area contributed by atoms with Crippen LogP contribution < -0.4 is 39.7 Å². The highest BCUT2D eigenvalue weighted by Crippen LogP contribution is 2.50. The number of nitrogens with zero attached hydrogens (tertiary/aromatic N) is 2. The summed E-state index contributed by atoms with van der Waals surface area (Å²) in [4.78, 5) is 44.8. The maximum absolute atomic E-state index is 14.2. The van der Waals surface area contributed by atoms with Gasteiger partial charge in [0.15, 0.2) is 23.0 Å². The molecular weight excluding hydrogens is 652 g/mol. The highest BCUT2D eigenvalue weighted by Gasteiger charge is 2.33. The Hall–Kier alpha value is -4.97. The number of piperazine rings is 1. The molecule has 0 saturated carbocycles. The smallest absolute Gasteiger partial charge is 0.245 e. The monoisotopic (exact) mass is 700 g/mol. The number of carbonyl (C=O) groups is 2. The van der Waals surface area contributed by atoms with E-state index in [4.69, 9.17) is 23.7 Å². The first-order valence-corrected chi connectivity index (χ1v) is 17.6. The van der Waals surface area contributed by atoms with Crippen molar-refractivity contribution in [1.29, 1.82) is 0 Å². The molecule has 0 unspecified atom stereocenters. The molecule has 1 saturated heterocycles. The number of hydrogen-bond donors (Lipinski definition) is 2. The van der Waals surface area contributed by atoms with Gasteiger partial charge in [-0.1, -0.05) is 32.4 Å². The van der Waals surface area contributed by atoms with Crippen molar-refractivity contribution in [2.45, 2.75) is 58.7 Å². The second-order valence-corrected chi connectivity index (χ2v) is 13.4. The van der Waals surface area contributed by atoms with E-state index in [9.17, 15) is 14.4 Å². The number of benzene rings is 2. The normalized spacial score (nSPS) is 17.7. The number of amides is 2. The maximum Gasteiger partial charge on any atom is 0.245 e. The molecule has 12 nitrogen and oxygen atoms in total. The van der Waals surface area contributed by atoms with Crippen LogP contribution in [0.1, 0.15) is 56.3 Å². The Bertz CT molecular complexity index is 1840. The summed E-state index contributed by atoms with van der Waals surface area (Å²) in [6, 6.07) is 12.1. The summed E-state index contributed by atoms with van der Waals surface area (Å²) in [5, 5.41) is 6.42. The fourth-order valence-electron chi connectivity index (χ4n) is 7.30. The van der Waals surface area contributed by atoms with E-state index in [0.29, 0.717) is 54.4 Å². The summed E-state index contributed by atoms with van der Waals surface area (Å²) < 4.78 is 28.3. The highest BCUT2D eigenvalue weighted by molar-refractivity contribution is 5.86. The molecule has 272 valence electrons. The van der Waals surface area contributed by atoms with Crippen molar-refractivity contribution in [3.63, 3.8) is 0 Å². The van der Waals surface area contributed by atoms with E-state index in [0.717, 1.165) is 59.8 Å². The van der Waals surface area contributed by atoms with Gasteiger partial charge in [-0.2, -0.15) is 0 Å². The summed E-state index contributed by atoms with van der Waals surface area (Å²) in [6.45, 7) is 9.17. The molecular formula is C39H48N4O8. The number of methoxy groups -OCH3 is 3. The van der Waals surface area contributed by atoms with Crippen LogP contribution in [0.2, 0.25) is 0 Å². The molecule has 1 fully saturated rings. The Balaban J connectivity index is 1.28. The minimum absolute atomic E-state index is 0.0282. The molecule has 0 bridgehead atoms. The van der Waals surface area contributed by atoms with Gasteiger partial charge in [-0.25, -0.2) is 0 Å². The molecule has 2 N–H and O–H groups in total. The second-order valence-electron chi connectivity index (χ2n) is 13.4. The third-order valence-electron chi connectivity index (χ3n) is 10.2. The molecule has 3 aromatic carbocycles. The average Bonchev–Trinajstić information content (AvgIpc) is 3.48. The number of nitrogens with one attached hydrogen (secondary N) is 2. The largest absolute Gasteiger partial charge is 0.493 e. The van der Waals surface area contributed by atoms with Crippen molar-refractivity contribution in [3.05, 3.63) is 69.4 Å². The van der Waals surface area contributed by atoms with Gasteiger partial charge in [0.25, 0.3) is 0 Å². The first kappa shape index (κ1) is 35.8. The topological polar surface area (TPSA) is 128 Å². The number of rotatable bonds is 11. The number of aryl methyl sites for hydroxylation is 1. The van der Waals surface area contributed by atoms with Crippen LogP contribution in [-0.4, -0.2) is 82.0 Å². The van der Waals surface area contributed by atoms with Crippen LogP contribution in [-0.2, 0) is 22.6 Å². The molecule has 2 aliphatic heterocycles. The molecule has 6 rings (SSSR count). The van der Waals surface area contributed by atoms with Crippen LogP contribution in [0.3, 0.4) is 0 Å². The summed E-state index contributed by atoms with van der Waals surface area (Å²) >= 11 is 0. The predicted molar refractivity (Wildman–Crippen MR) is 194 cm³/mol. The van der Waals surface area contributed by atoms with Crippen LogP contribution in [0.4, 0.5) is 5.69 Å². The average molecular weight is 701 g/mol. The van der Waals surface area contributed by atoms with Crippen molar-refractivity contribution in [2.75, 3.05) is 59.6 Å². The highest BCUT2D eigenvalue weighted by atomic mass is 16.7. The lowest BCUT2D eigenvalue weighted by Gasteiger charge is -2.37. The SMILES string of the molecule is CC[C@@H](C)[C@H](Nc1ccc2c(cc1=O)[C@@H](NC(C)=O)CCc1cc(OC)c(OC)c(OC)c1-2)C(=O)N1CCN(Cc2ccc3c(c2)OCO3)CC1. The van der Waals surface area contributed by atoms with E-state index in [-0.39, 0.29) is 30.0 Å². The molecule has 0 radical (unpaired) electrons. The quantitative estimate of drug-likeness (QED) is 0.289. The lowest BCUT2D eigenvalue weighted by molar-refractivity contribution is -0.135. The van der Waals surface area contributed by atoms with E-state index < -0.39 is 12.1 Å². The maximum atomic E-state index is 14.2. The molecule has 3 aromatic rings. The zero-order chi connectivity index (χ0) is 36.2. The fourth-order valence-corrected chi connectivity index (χ4v) is 7.30. The summed E-state index contributed by atoms with van der Waals surface area (Å²) in [5.74, 6) is 2.71. The lowest BCUT2D eigenvalue weighted by atomic mass is 9.95. The minimum Gasteiger partial charge on any atom is -0.493 e. The standard InChI is InChI=1S/C39H48N4O8/c1-7-23(2)36(39(46)43-16-14-42(15-17-43)21-25-8-13-32-33(18-25)51-22-50-32)41-30-12-10-27-28(20-31(30)45)29(40-24(3)44)11-9-26-19-34(47-4)37(48-5)38(49-6)35(26)27/h8,10,12-13,18-20,23,29,36H,7,9,11,14-17,21-22H2,1-6H3,(H,40,44)(H,41,45)/t23-,29+,36+/m1/s1. The molecule has 2 amide bonds. The Labute approximate surface area is 299 Å².